The Morgan fingerprint density at radius 3 is 3.24 bits per heavy atom. The summed E-state index contributed by atoms with van der Waals surface area (Å²) in [6.45, 7) is 2.61. The second-order valence-corrected chi connectivity index (χ2v) is 4.05. The van der Waals surface area contributed by atoms with E-state index in [2.05, 4.69) is 15.3 Å². The van der Waals surface area contributed by atoms with Crippen LogP contribution in [0, 0.1) is 0 Å². The average molecular weight is 253 g/mol. The summed E-state index contributed by atoms with van der Waals surface area (Å²) < 4.78 is 9.89. The highest BCUT2D eigenvalue weighted by Gasteiger charge is 2.12. The van der Waals surface area contributed by atoms with Crippen LogP contribution in [-0.2, 0) is 11.3 Å². The van der Waals surface area contributed by atoms with E-state index in [-0.39, 0.29) is 5.69 Å². The van der Waals surface area contributed by atoms with Gasteiger partial charge in [0.25, 0.3) is 6.01 Å². The van der Waals surface area contributed by atoms with Crippen LogP contribution in [0.2, 0.25) is 0 Å². The normalized spacial score (nSPS) is 10.2. The van der Waals surface area contributed by atoms with Crippen molar-refractivity contribution in [2.45, 2.75) is 13.5 Å². The second-order valence-electron chi connectivity index (χ2n) is 3.08. The van der Waals surface area contributed by atoms with Crippen LogP contribution in [0.5, 0.6) is 0 Å². The molecule has 0 aliphatic carbocycles. The number of aromatic nitrogens is 2. The number of nitrogens with one attached hydrogen (secondary N) is 1. The van der Waals surface area contributed by atoms with Crippen molar-refractivity contribution >= 4 is 23.3 Å². The molecule has 2 aromatic heterocycles. The molecular weight excluding hydrogens is 242 g/mol. The van der Waals surface area contributed by atoms with Gasteiger partial charge >= 0.3 is 5.97 Å². The van der Waals surface area contributed by atoms with Gasteiger partial charge in [0, 0.05) is 11.1 Å². The fourth-order valence-electron chi connectivity index (χ4n) is 1.15. The summed E-state index contributed by atoms with van der Waals surface area (Å²) in [6.07, 6.45) is 3.03. The number of anilines is 1. The number of nitrogens with zero attached hydrogens (tertiary/aromatic N) is 2. The molecule has 2 aromatic rings. The monoisotopic (exact) mass is 253 g/mol. The summed E-state index contributed by atoms with van der Waals surface area (Å²) in [5.41, 5.74) is 1.91. The smallest absolute Gasteiger partial charge is 0.360 e. The number of oxazole rings is 1. The van der Waals surface area contributed by atoms with Crippen molar-refractivity contribution in [2.75, 3.05) is 11.9 Å². The number of hydrogen-bond donors (Lipinski definition) is 1. The molecule has 0 aliphatic rings. The molecule has 6 nitrogen and oxygen atoms in total. The van der Waals surface area contributed by atoms with Crippen molar-refractivity contribution in [2.24, 2.45) is 0 Å². The molecule has 0 spiro atoms. The number of carbonyl (C=O) groups is 1. The number of hydrogen-bond acceptors (Lipinski definition) is 7. The van der Waals surface area contributed by atoms with Crippen LogP contribution in [0.1, 0.15) is 22.3 Å². The highest BCUT2D eigenvalue weighted by Crippen LogP contribution is 2.12. The molecule has 7 heteroatoms. The molecular formula is C10H11N3O3S. The van der Waals surface area contributed by atoms with Crippen molar-refractivity contribution in [1.29, 1.82) is 0 Å². The van der Waals surface area contributed by atoms with Crippen LogP contribution in [0.3, 0.4) is 0 Å². The molecule has 0 unspecified atom stereocenters. The van der Waals surface area contributed by atoms with Gasteiger partial charge in [0.05, 0.1) is 18.7 Å². The van der Waals surface area contributed by atoms with Gasteiger partial charge in [-0.3, -0.25) is 4.98 Å². The largest absolute Gasteiger partial charge is 0.461 e. The molecule has 0 aliphatic heterocycles. The Morgan fingerprint density at radius 1 is 1.65 bits per heavy atom. The van der Waals surface area contributed by atoms with Gasteiger partial charge in [-0.15, -0.1) is 11.3 Å². The molecule has 0 saturated heterocycles. The second kappa shape index (κ2) is 5.44. The van der Waals surface area contributed by atoms with Crippen LogP contribution in [0.15, 0.2) is 22.4 Å². The minimum absolute atomic E-state index is 0.165. The average Bonchev–Trinajstić information content (AvgIpc) is 2.98. The molecule has 0 bridgehead atoms. The summed E-state index contributed by atoms with van der Waals surface area (Å²) in [5.74, 6) is -0.484. The van der Waals surface area contributed by atoms with Gasteiger partial charge < -0.3 is 14.5 Å². The lowest BCUT2D eigenvalue weighted by atomic mass is 10.5. The van der Waals surface area contributed by atoms with Gasteiger partial charge in [0.15, 0.2) is 5.69 Å². The first kappa shape index (κ1) is 11.6. The van der Waals surface area contributed by atoms with E-state index in [0.717, 1.165) is 4.88 Å². The zero-order valence-electron chi connectivity index (χ0n) is 9.17. The fraction of sp³-hybridized carbons (Fsp3) is 0.300. The topological polar surface area (TPSA) is 77.2 Å². The summed E-state index contributed by atoms with van der Waals surface area (Å²) in [6, 6.07) is 0.293. The van der Waals surface area contributed by atoms with Crippen molar-refractivity contribution < 1.29 is 13.9 Å². The lowest BCUT2D eigenvalue weighted by Crippen LogP contribution is -2.05. The Morgan fingerprint density at radius 2 is 2.53 bits per heavy atom. The highest BCUT2D eigenvalue weighted by atomic mass is 32.1. The van der Waals surface area contributed by atoms with E-state index in [4.69, 9.17) is 9.15 Å². The van der Waals surface area contributed by atoms with Crippen molar-refractivity contribution in [3.63, 3.8) is 0 Å². The molecule has 0 radical (unpaired) electrons. The molecule has 0 saturated carbocycles. The molecule has 0 aromatic carbocycles. The van der Waals surface area contributed by atoms with Gasteiger partial charge in [-0.2, -0.15) is 4.98 Å². The Labute approximate surface area is 102 Å². The molecule has 0 atom stereocenters. The molecule has 1 N–H and O–H groups in total. The van der Waals surface area contributed by atoms with E-state index in [1.807, 2.05) is 0 Å². The van der Waals surface area contributed by atoms with E-state index in [1.54, 1.807) is 18.6 Å². The van der Waals surface area contributed by atoms with E-state index in [9.17, 15) is 4.79 Å². The first-order valence-electron chi connectivity index (χ1n) is 5.03. The lowest BCUT2D eigenvalue weighted by Gasteiger charge is -1.97. The maximum absolute atomic E-state index is 11.3. The van der Waals surface area contributed by atoms with Crippen LogP contribution < -0.4 is 5.32 Å². The summed E-state index contributed by atoms with van der Waals surface area (Å²) in [5, 5.41) is 2.95. The van der Waals surface area contributed by atoms with Gasteiger partial charge in [-0.25, -0.2) is 4.79 Å². The quantitative estimate of drug-likeness (QED) is 0.820. The van der Waals surface area contributed by atoms with Crippen LogP contribution in [0.25, 0.3) is 0 Å². The summed E-state index contributed by atoms with van der Waals surface area (Å²) in [7, 11) is 0. The molecule has 17 heavy (non-hydrogen) atoms. The molecule has 0 fully saturated rings. The number of thiazole rings is 1. The SMILES string of the molecule is CCOC(=O)c1coc(NCc2cncs2)n1. The maximum atomic E-state index is 11.3. The van der Waals surface area contributed by atoms with E-state index < -0.39 is 5.97 Å². The Hall–Kier alpha value is -1.89. The number of ether oxygens (including phenoxy) is 1. The Bertz CT molecular complexity index is 481. The first-order chi connectivity index (χ1) is 8.29. The zero-order valence-corrected chi connectivity index (χ0v) is 9.99. The third-order valence-electron chi connectivity index (χ3n) is 1.89. The zero-order chi connectivity index (χ0) is 12.1. The van der Waals surface area contributed by atoms with Crippen LogP contribution >= 0.6 is 11.3 Å². The number of esters is 1. The van der Waals surface area contributed by atoms with Gasteiger partial charge in [0.1, 0.15) is 6.26 Å². The maximum Gasteiger partial charge on any atom is 0.360 e. The summed E-state index contributed by atoms with van der Waals surface area (Å²) >= 11 is 1.53. The van der Waals surface area contributed by atoms with Crippen LogP contribution in [0.4, 0.5) is 6.01 Å². The summed E-state index contributed by atoms with van der Waals surface area (Å²) in [4.78, 5) is 20.3. The molecule has 2 rings (SSSR count). The number of carbonyl (C=O) groups excluding carboxylic acids is 1. The van der Waals surface area contributed by atoms with Crippen molar-refractivity contribution in [3.8, 4) is 0 Å². The van der Waals surface area contributed by atoms with Crippen molar-refractivity contribution in [3.05, 3.63) is 28.5 Å². The Kier molecular flexibility index (Phi) is 3.71. The predicted octanol–water partition coefficient (Wildman–Crippen LogP) is 1.92. The number of rotatable bonds is 5. The van der Waals surface area contributed by atoms with Gasteiger partial charge in [0.2, 0.25) is 0 Å². The van der Waals surface area contributed by atoms with Gasteiger partial charge in [-0.05, 0) is 6.92 Å². The standard InChI is InChI=1S/C10H11N3O3S/c1-2-15-9(14)8-5-16-10(13-8)12-4-7-3-11-6-17-7/h3,5-6H,2,4H2,1H3,(H,12,13). The molecule has 2 heterocycles. The van der Waals surface area contributed by atoms with E-state index in [0.29, 0.717) is 19.2 Å². The van der Waals surface area contributed by atoms with E-state index in [1.165, 1.54) is 17.6 Å². The van der Waals surface area contributed by atoms with Gasteiger partial charge in [-0.1, -0.05) is 0 Å². The minimum atomic E-state index is -0.484. The van der Waals surface area contributed by atoms with Crippen LogP contribution in [-0.4, -0.2) is 22.5 Å². The predicted molar refractivity (Wildman–Crippen MR) is 61.9 cm³/mol. The van der Waals surface area contributed by atoms with E-state index >= 15 is 0 Å². The third kappa shape index (κ3) is 3.04. The third-order valence-corrected chi connectivity index (χ3v) is 2.67. The minimum Gasteiger partial charge on any atom is -0.461 e. The Balaban J connectivity index is 1.92. The molecule has 90 valence electrons. The lowest BCUT2D eigenvalue weighted by molar-refractivity contribution is 0.0519. The molecule has 0 amide bonds. The van der Waals surface area contributed by atoms with Crippen molar-refractivity contribution in [1.82, 2.24) is 9.97 Å². The first-order valence-corrected chi connectivity index (χ1v) is 5.91. The fourth-order valence-corrected chi connectivity index (χ4v) is 1.68. The highest BCUT2D eigenvalue weighted by molar-refractivity contribution is 7.09.